The van der Waals surface area contributed by atoms with E-state index in [0.717, 1.165) is 19.3 Å². The minimum absolute atomic E-state index is 0.859. The first-order valence-corrected chi connectivity index (χ1v) is 2.69. The van der Waals surface area contributed by atoms with E-state index in [1.807, 2.05) is 6.08 Å². The van der Waals surface area contributed by atoms with E-state index < -0.39 is 0 Å². The largest absolute Gasteiger partial charge is 0.133 e. The Bertz CT molecular complexity index is 119. The molecule has 0 aromatic rings. The third kappa shape index (κ3) is 5.08. The van der Waals surface area contributed by atoms with Gasteiger partial charge in [-0.05, 0) is 18.9 Å². The fraction of sp³-hybridized carbons (Fsp3) is 0.375. The molecule has 0 amide bonds. The summed E-state index contributed by atoms with van der Waals surface area (Å²) in [5, 5.41) is 0. The lowest BCUT2D eigenvalue weighted by molar-refractivity contribution is 0.887. The van der Waals surface area contributed by atoms with Crippen LogP contribution in [0.1, 0.15) is 19.3 Å². The summed E-state index contributed by atoms with van der Waals surface area (Å²) in [5.41, 5.74) is 2.68. The smallest absolute Gasteiger partial charge is 0.00892 e. The fourth-order valence-corrected chi connectivity index (χ4v) is 0.408. The fourth-order valence-electron chi connectivity index (χ4n) is 0.408. The number of allylic oxidation sites excluding steroid dienone is 1. The van der Waals surface area contributed by atoms with E-state index in [1.54, 1.807) is 0 Å². The first kappa shape index (κ1) is 7.08. The maximum Gasteiger partial charge on any atom is 0.00892 e. The second-order valence-electron chi connectivity index (χ2n) is 1.50. The van der Waals surface area contributed by atoms with Crippen LogP contribution in [0.25, 0.3) is 0 Å². The molecule has 0 heterocycles. The summed E-state index contributed by atoms with van der Waals surface area (Å²) < 4.78 is 0. The van der Waals surface area contributed by atoms with E-state index in [2.05, 4.69) is 18.2 Å². The topological polar surface area (TPSA) is 0 Å². The van der Waals surface area contributed by atoms with Crippen LogP contribution in [0.15, 0.2) is 18.4 Å². The highest BCUT2D eigenvalue weighted by Gasteiger charge is 1.75. The summed E-state index contributed by atoms with van der Waals surface area (Å²) in [6.45, 7) is 3.43. The van der Waals surface area contributed by atoms with Crippen molar-refractivity contribution in [2.45, 2.75) is 19.3 Å². The Morgan fingerprint density at radius 3 is 2.88 bits per heavy atom. The van der Waals surface area contributed by atoms with Gasteiger partial charge in [-0.25, -0.2) is 0 Å². The number of rotatable bonds is 3. The molecule has 0 saturated carbocycles. The van der Waals surface area contributed by atoms with Gasteiger partial charge in [0.15, 0.2) is 0 Å². The molecule has 0 fully saturated rings. The first-order valence-electron chi connectivity index (χ1n) is 2.69. The van der Waals surface area contributed by atoms with Gasteiger partial charge in [0.25, 0.3) is 0 Å². The van der Waals surface area contributed by atoms with Crippen LogP contribution in [0.3, 0.4) is 0 Å². The maximum absolute atomic E-state index is 5.01. The van der Waals surface area contributed by atoms with Crippen molar-refractivity contribution in [2.24, 2.45) is 0 Å². The van der Waals surface area contributed by atoms with Gasteiger partial charge in [-0.3, -0.25) is 0 Å². The van der Waals surface area contributed by atoms with Crippen LogP contribution in [-0.2, 0) is 0 Å². The molecule has 0 spiro atoms. The predicted octanol–water partition coefficient (Wildman–Crippen LogP) is 2.13. The minimum Gasteiger partial charge on any atom is -0.133 e. The van der Waals surface area contributed by atoms with Crippen molar-refractivity contribution in [3.8, 4) is 12.3 Å². The third-order valence-corrected chi connectivity index (χ3v) is 0.814. The summed E-state index contributed by atoms with van der Waals surface area (Å²) in [6.07, 6.45) is 9.83. The number of hydrogen-bond donors (Lipinski definition) is 0. The summed E-state index contributed by atoms with van der Waals surface area (Å²) in [7, 11) is 0. The molecule has 0 nitrogen and oxygen atoms in total. The second kappa shape index (κ2) is 6.08. The maximum atomic E-state index is 5.01. The summed E-state index contributed by atoms with van der Waals surface area (Å²) in [6, 6.07) is 0. The Labute approximate surface area is 50.9 Å². The van der Waals surface area contributed by atoms with E-state index in [-0.39, 0.29) is 0 Å². The van der Waals surface area contributed by atoms with E-state index >= 15 is 0 Å². The van der Waals surface area contributed by atoms with Crippen molar-refractivity contribution < 1.29 is 0 Å². The van der Waals surface area contributed by atoms with Gasteiger partial charge in [0, 0.05) is 6.42 Å². The molecule has 0 N–H and O–H groups in total. The van der Waals surface area contributed by atoms with Crippen molar-refractivity contribution in [3.63, 3.8) is 0 Å². The monoisotopic (exact) mass is 106 g/mol. The number of unbranched alkanes of at least 4 members (excludes halogenated alkanes) is 2. The van der Waals surface area contributed by atoms with Crippen LogP contribution in [-0.4, -0.2) is 0 Å². The van der Waals surface area contributed by atoms with Crippen LogP contribution < -0.4 is 0 Å². The van der Waals surface area contributed by atoms with E-state index in [0.29, 0.717) is 0 Å². The van der Waals surface area contributed by atoms with Crippen molar-refractivity contribution in [2.75, 3.05) is 0 Å². The number of terminal acetylenes is 1. The molecule has 0 saturated heterocycles. The van der Waals surface area contributed by atoms with E-state index in [4.69, 9.17) is 6.42 Å². The molecule has 0 unspecified atom stereocenters. The summed E-state index contributed by atoms with van der Waals surface area (Å²) in [4.78, 5) is 0. The van der Waals surface area contributed by atoms with Crippen LogP contribution in [0, 0.1) is 12.3 Å². The molecule has 42 valence electrons. The first-order chi connectivity index (χ1) is 3.91. The van der Waals surface area contributed by atoms with Crippen LogP contribution in [0.2, 0.25) is 0 Å². The Balaban J connectivity index is 2.96. The number of hydrogen-bond acceptors (Lipinski definition) is 0. The Kier molecular flexibility index (Phi) is 5.38. The van der Waals surface area contributed by atoms with E-state index in [1.165, 1.54) is 0 Å². The van der Waals surface area contributed by atoms with Crippen molar-refractivity contribution in [1.29, 1.82) is 0 Å². The van der Waals surface area contributed by atoms with Crippen molar-refractivity contribution in [3.05, 3.63) is 18.4 Å². The highest BCUT2D eigenvalue weighted by molar-refractivity contribution is 4.85. The summed E-state index contributed by atoms with van der Waals surface area (Å²) >= 11 is 0. The van der Waals surface area contributed by atoms with E-state index in [9.17, 15) is 0 Å². The molecule has 0 bridgehead atoms. The van der Waals surface area contributed by atoms with Gasteiger partial charge in [-0.1, -0.05) is 6.58 Å². The average Bonchev–Trinajstić information content (AvgIpc) is 1.81. The molecule has 0 atom stereocenters. The Morgan fingerprint density at radius 1 is 1.62 bits per heavy atom. The Hall–Kier alpha value is -0.920. The van der Waals surface area contributed by atoms with Crippen molar-refractivity contribution >= 4 is 0 Å². The molecule has 0 aliphatic carbocycles. The van der Waals surface area contributed by atoms with Gasteiger partial charge in [-0.15, -0.1) is 18.1 Å². The zero-order valence-corrected chi connectivity index (χ0v) is 4.98. The molecule has 0 aliphatic rings. The van der Waals surface area contributed by atoms with Crippen LogP contribution in [0.4, 0.5) is 0 Å². The van der Waals surface area contributed by atoms with Gasteiger partial charge in [0.05, 0.1) is 0 Å². The lowest BCUT2D eigenvalue weighted by Crippen LogP contribution is -1.65. The average molecular weight is 106 g/mol. The normalized spacial score (nSPS) is 6.88. The second-order valence-corrected chi connectivity index (χ2v) is 1.50. The zero-order chi connectivity index (χ0) is 6.24. The zero-order valence-electron chi connectivity index (χ0n) is 4.98. The molecule has 0 aromatic heterocycles. The van der Waals surface area contributed by atoms with Crippen LogP contribution in [0.5, 0.6) is 0 Å². The van der Waals surface area contributed by atoms with Gasteiger partial charge in [0.1, 0.15) is 0 Å². The third-order valence-electron chi connectivity index (χ3n) is 0.814. The van der Waals surface area contributed by atoms with Gasteiger partial charge in [-0.2, -0.15) is 0 Å². The summed E-state index contributed by atoms with van der Waals surface area (Å²) in [5.74, 6) is 2.56. The van der Waals surface area contributed by atoms with Gasteiger partial charge >= 0.3 is 0 Å². The molecule has 0 aliphatic heterocycles. The highest BCUT2D eigenvalue weighted by atomic mass is 13.8. The quantitative estimate of drug-likeness (QED) is 0.294. The van der Waals surface area contributed by atoms with Gasteiger partial charge < -0.3 is 0 Å². The molecule has 0 rings (SSSR count). The lowest BCUT2D eigenvalue weighted by atomic mass is 10.2. The molecule has 8 heavy (non-hydrogen) atoms. The SMILES string of the molecule is C#CCCCC=C=C. The lowest BCUT2D eigenvalue weighted by Gasteiger charge is -1.82. The van der Waals surface area contributed by atoms with Crippen LogP contribution >= 0.6 is 0 Å². The predicted molar refractivity (Wildman–Crippen MR) is 36.4 cm³/mol. The molecule has 0 aromatic carbocycles. The Morgan fingerprint density at radius 2 is 2.38 bits per heavy atom. The van der Waals surface area contributed by atoms with Gasteiger partial charge in [0.2, 0.25) is 0 Å². The van der Waals surface area contributed by atoms with Crippen molar-refractivity contribution in [1.82, 2.24) is 0 Å². The minimum atomic E-state index is 0.859. The highest BCUT2D eigenvalue weighted by Crippen LogP contribution is 1.92. The molecular weight excluding hydrogens is 96.1 g/mol. The molecular formula is C8H10. The molecule has 0 heteroatoms. The molecule has 0 radical (unpaired) electrons. The standard InChI is InChI=1S/C8H10/c1-3-5-7-8-6-4-2/h1,6H,2,5,7-8H2.